The van der Waals surface area contributed by atoms with Crippen LogP contribution in [0.1, 0.15) is 32.8 Å². The molecule has 0 radical (unpaired) electrons. The Bertz CT molecular complexity index is 1400. The fraction of sp³-hybridized carbons (Fsp3) is 0.250. The molecule has 0 saturated carbocycles. The lowest BCUT2D eigenvalue weighted by Crippen LogP contribution is -2.36. The lowest BCUT2D eigenvalue weighted by Gasteiger charge is -2.26. The Kier molecular flexibility index (Phi) is 7.74. The van der Waals surface area contributed by atoms with Gasteiger partial charge in [0.15, 0.2) is 10.8 Å². The fourth-order valence-corrected chi connectivity index (χ4v) is 5.23. The summed E-state index contributed by atoms with van der Waals surface area (Å²) in [6, 6.07) is 21.5. The van der Waals surface area contributed by atoms with E-state index in [9.17, 15) is 9.59 Å². The van der Waals surface area contributed by atoms with Crippen LogP contribution >= 0.6 is 11.3 Å². The van der Waals surface area contributed by atoms with E-state index in [1.54, 1.807) is 12.1 Å². The van der Waals surface area contributed by atoms with Gasteiger partial charge in [-0.3, -0.25) is 14.5 Å². The third-order valence-corrected chi connectivity index (χ3v) is 7.23. The van der Waals surface area contributed by atoms with E-state index in [1.165, 1.54) is 16.9 Å². The number of ether oxygens (including phenoxy) is 1. The fourth-order valence-electron chi connectivity index (χ4n) is 4.35. The van der Waals surface area contributed by atoms with Crippen LogP contribution < -0.4 is 16.4 Å². The lowest BCUT2D eigenvalue weighted by molar-refractivity contribution is 0.0374. The molecule has 0 spiro atoms. The van der Waals surface area contributed by atoms with E-state index in [1.807, 2.05) is 54.6 Å². The van der Waals surface area contributed by atoms with Crippen molar-refractivity contribution in [2.75, 3.05) is 43.5 Å². The van der Waals surface area contributed by atoms with Gasteiger partial charge in [-0.2, -0.15) is 0 Å². The van der Waals surface area contributed by atoms with E-state index in [2.05, 4.69) is 20.5 Å². The summed E-state index contributed by atoms with van der Waals surface area (Å²) >= 11 is 1.17. The maximum Gasteiger partial charge on any atom is 0.270 e. The summed E-state index contributed by atoms with van der Waals surface area (Å²) in [5, 5.41) is 9.01. The minimum Gasteiger partial charge on any atom is -0.379 e. The van der Waals surface area contributed by atoms with Gasteiger partial charge >= 0.3 is 0 Å². The minimum atomic E-state index is -0.700. The summed E-state index contributed by atoms with van der Waals surface area (Å²) in [6.07, 6.45) is 2.01. The quantitative estimate of drug-likeness (QED) is 0.299. The number of morpholine rings is 1. The standard InChI is InChI=1S/C28H29N5O3S/c29-25(34)24-27(37-28(31-24)30-23-12-11-20-5-1-2-6-22(20)18-23)32-26(35)21-9-7-19(8-10-21)4-3-13-33-14-16-36-17-15-33/h1-2,5-12,18H,3-4,13-17H2,(H2,29,34)(H,30,31)(H,32,35). The predicted octanol–water partition coefficient (Wildman–Crippen LogP) is 4.66. The third kappa shape index (κ3) is 6.32. The molecular weight excluding hydrogens is 486 g/mol. The van der Waals surface area contributed by atoms with Crippen LogP contribution in [0.2, 0.25) is 0 Å². The highest BCUT2D eigenvalue weighted by atomic mass is 32.1. The number of aryl methyl sites for hydroxylation is 1. The molecule has 9 heteroatoms. The van der Waals surface area contributed by atoms with Gasteiger partial charge in [-0.25, -0.2) is 4.98 Å². The molecule has 0 unspecified atom stereocenters. The third-order valence-electron chi connectivity index (χ3n) is 6.35. The van der Waals surface area contributed by atoms with Gasteiger partial charge in [0, 0.05) is 24.3 Å². The van der Waals surface area contributed by atoms with Crippen LogP contribution in [-0.4, -0.2) is 54.5 Å². The van der Waals surface area contributed by atoms with E-state index < -0.39 is 5.91 Å². The number of rotatable bonds is 9. The lowest BCUT2D eigenvalue weighted by atomic mass is 10.1. The van der Waals surface area contributed by atoms with Crippen LogP contribution in [0.3, 0.4) is 0 Å². The van der Waals surface area contributed by atoms with E-state index in [-0.39, 0.29) is 11.6 Å². The molecule has 190 valence electrons. The van der Waals surface area contributed by atoms with Crippen LogP contribution in [-0.2, 0) is 11.2 Å². The molecule has 37 heavy (non-hydrogen) atoms. The van der Waals surface area contributed by atoms with Crippen molar-refractivity contribution < 1.29 is 14.3 Å². The first-order valence-electron chi connectivity index (χ1n) is 12.3. The van der Waals surface area contributed by atoms with E-state index in [4.69, 9.17) is 10.5 Å². The summed E-state index contributed by atoms with van der Waals surface area (Å²) in [4.78, 5) is 31.7. The number of amides is 2. The van der Waals surface area contributed by atoms with Gasteiger partial charge in [0.25, 0.3) is 11.8 Å². The highest BCUT2D eigenvalue weighted by Crippen LogP contribution is 2.32. The van der Waals surface area contributed by atoms with Crippen molar-refractivity contribution in [1.29, 1.82) is 0 Å². The molecule has 2 heterocycles. The van der Waals surface area contributed by atoms with E-state index in [0.717, 1.165) is 62.1 Å². The van der Waals surface area contributed by atoms with Crippen molar-refractivity contribution in [2.45, 2.75) is 12.8 Å². The molecule has 1 saturated heterocycles. The molecule has 5 rings (SSSR count). The molecule has 4 aromatic rings. The first kappa shape index (κ1) is 24.9. The largest absolute Gasteiger partial charge is 0.379 e. The summed E-state index contributed by atoms with van der Waals surface area (Å²) in [7, 11) is 0. The number of primary amides is 1. The Labute approximate surface area is 219 Å². The Hall–Kier alpha value is -3.79. The van der Waals surface area contributed by atoms with Gasteiger partial charge < -0.3 is 21.1 Å². The summed E-state index contributed by atoms with van der Waals surface area (Å²) in [5.74, 6) is -1.02. The normalized spacial score (nSPS) is 13.9. The SMILES string of the molecule is NC(=O)c1nc(Nc2ccc3ccccc3c2)sc1NC(=O)c1ccc(CCCN2CCOCC2)cc1. The number of benzene rings is 3. The number of nitrogens with two attached hydrogens (primary N) is 1. The zero-order valence-corrected chi connectivity index (χ0v) is 21.2. The number of fused-ring (bicyclic) bond motifs is 1. The van der Waals surface area contributed by atoms with Crippen molar-refractivity contribution in [3.05, 3.63) is 83.6 Å². The van der Waals surface area contributed by atoms with E-state index >= 15 is 0 Å². The topological polar surface area (TPSA) is 110 Å². The zero-order valence-electron chi connectivity index (χ0n) is 20.4. The number of hydrogen-bond acceptors (Lipinski definition) is 7. The Balaban J connectivity index is 1.22. The number of nitrogens with zero attached hydrogens (tertiary/aromatic N) is 2. The summed E-state index contributed by atoms with van der Waals surface area (Å²) in [6.45, 7) is 4.64. The average Bonchev–Trinajstić information content (AvgIpc) is 3.32. The molecule has 1 fully saturated rings. The summed E-state index contributed by atoms with van der Waals surface area (Å²) in [5.41, 5.74) is 8.09. The van der Waals surface area contributed by atoms with Crippen LogP contribution in [0.5, 0.6) is 0 Å². The molecule has 2 amide bonds. The Morgan fingerprint density at radius 1 is 1.00 bits per heavy atom. The number of anilines is 3. The second-order valence-corrected chi connectivity index (χ2v) is 9.96. The molecule has 1 aromatic heterocycles. The first-order chi connectivity index (χ1) is 18.0. The zero-order chi connectivity index (χ0) is 25.6. The van der Waals surface area contributed by atoms with Gasteiger partial charge in [-0.05, 0) is 60.0 Å². The number of nitrogens with one attached hydrogen (secondary N) is 2. The molecule has 4 N–H and O–H groups in total. The van der Waals surface area contributed by atoms with Crippen LogP contribution in [0.4, 0.5) is 15.8 Å². The van der Waals surface area contributed by atoms with Crippen molar-refractivity contribution in [3.8, 4) is 0 Å². The van der Waals surface area contributed by atoms with Gasteiger partial charge in [-0.15, -0.1) is 0 Å². The maximum atomic E-state index is 12.9. The Morgan fingerprint density at radius 2 is 1.76 bits per heavy atom. The number of thiazole rings is 1. The van der Waals surface area contributed by atoms with Crippen molar-refractivity contribution in [2.24, 2.45) is 5.73 Å². The minimum absolute atomic E-state index is 0.0290. The predicted molar refractivity (Wildman–Crippen MR) is 148 cm³/mol. The highest BCUT2D eigenvalue weighted by Gasteiger charge is 2.19. The van der Waals surface area contributed by atoms with E-state index in [0.29, 0.717) is 15.7 Å². The summed E-state index contributed by atoms with van der Waals surface area (Å²) < 4.78 is 5.39. The second-order valence-electron chi connectivity index (χ2n) is 8.96. The van der Waals surface area contributed by atoms with Crippen molar-refractivity contribution >= 4 is 49.7 Å². The molecule has 0 atom stereocenters. The first-order valence-corrected chi connectivity index (χ1v) is 13.1. The molecule has 1 aliphatic heterocycles. The van der Waals surface area contributed by atoms with Gasteiger partial charge in [0.1, 0.15) is 5.00 Å². The molecule has 8 nitrogen and oxygen atoms in total. The smallest absolute Gasteiger partial charge is 0.270 e. The molecule has 0 aliphatic carbocycles. The van der Waals surface area contributed by atoms with Crippen molar-refractivity contribution in [1.82, 2.24) is 9.88 Å². The monoisotopic (exact) mass is 515 g/mol. The van der Waals surface area contributed by atoms with Crippen LogP contribution in [0.25, 0.3) is 10.8 Å². The van der Waals surface area contributed by atoms with Crippen LogP contribution in [0.15, 0.2) is 66.7 Å². The molecule has 3 aromatic carbocycles. The van der Waals surface area contributed by atoms with Gasteiger partial charge in [0.05, 0.1) is 13.2 Å². The number of aromatic nitrogens is 1. The number of carbonyl (C=O) groups is 2. The van der Waals surface area contributed by atoms with Gasteiger partial charge in [-0.1, -0.05) is 53.8 Å². The molecule has 0 bridgehead atoms. The average molecular weight is 516 g/mol. The molecule has 1 aliphatic rings. The maximum absolute atomic E-state index is 12.9. The number of hydrogen-bond donors (Lipinski definition) is 3. The molecular formula is C28H29N5O3S. The number of carbonyl (C=O) groups excluding carboxylic acids is 2. The Morgan fingerprint density at radius 3 is 2.51 bits per heavy atom. The van der Waals surface area contributed by atoms with Crippen molar-refractivity contribution in [3.63, 3.8) is 0 Å². The second kappa shape index (κ2) is 11.5. The van der Waals surface area contributed by atoms with Gasteiger partial charge in [0.2, 0.25) is 0 Å². The highest BCUT2D eigenvalue weighted by molar-refractivity contribution is 7.20. The van der Waals surface area contributed by atoms with Crippen LogP contribution in [0, 0.1) is 0 Å².